The fourth-order valence-corrected chi connectivity index (χ4v) is 4.30. The molecule has 0 bridgehead atoms. The second-order valence-electron chi connectivity index (χ2n) is 8.11. The molecule has 1 aliphatic rings. The van der Waals surface area contributed by atoms with Crippen LogP contribution in [0.15, 0.2) is 78.9 Å². The minimum atomic E-state index is -4.59. The number of nitrogens with one attached hydrogen (secondary N) is 1. The lowest BCUT2D eigenvalue weighted by atomic mass is 10.1. The van der Waals surface area contributed by atoms with Crippen molar-refractivity contribution >= 4 is 40.5 Å². The molecule has 1 unspecified atom stereocenters. The van der Waals surface area contributed by atoms with Crippen LogP contribution in [0.1, 0.15) is 17.5 Å². The molecule has 3 aromatic carbocycles. The Morgan fingerprint density at radius 3 is 2.36 bits per heavy atom. The molecule has 1 atom stereocenters. The van der Waals surface area contributed by atoms with Crippen molar-refractivity contribution in [3.8, 4) is 5.75 Å². The molecule has 1 saturated heterocycles. The number of amides is 2. The van der Waals surface area contributed by atoms with Crippen molar-refractivity contribution in [2.75, 3.05) is 17.3 Å². The van der Waals surface area contributed by atoms with Gasteiger partial charge < -0.3 is 15.0 Å². The number of methoxy groups -OCH3 is 1. The highest BCUT2D eigenvalue weighted by atomic mass is 32.1. The van der Waals surface area contributed by atoms with Gasteiger partial charge in [0.1, 0.15) is 11.8 Å². The van der Waals surface area contributed by atoms with E-state index in [0.717, 1.165) is 22.6 Å². The number of thiocarbonyl (C=S) groups is 1. The molecule has 0 saturated carbocycles. The summed E-state index contributed by atoms with van der Waals surface area (Å²) in [5, 5.41) is 2.76. The van der Waals surface area contributed by atoms with Gasteiger partial charge in [0.15, 0.2) is 5.11 Å². The number of alkyl halides is 3. The fourth-order valence-electron chi connectivity index (χ4n) is 3.91. The first-order valence-corrected chi connectivity index (χ1v) is 11.4. The van der Waals surface area contributed by atoms with Crippen LogP contribution < -0.4 is 15.0 Å². The lowest BCUT2D eigenvalue weighted by molar-refractivity contribution is -0.137. The number of halogens is 3. The molecule has 1 aliphatic heterocycles. The standard InChI is InChI=1S/C26H22F3N3O3S/c1-35-21-12-10-17(11-13-21)16-31-22(15-23(33)30-19-7-3-2-4-8-19)24(34)32(25(31)36)20-9-5-6-18(14-20)26(27,28)29/h2-14,22H,15-16H2,1H3,(H,30,33). The summed E-state index contributed by atoms with van der Waals surface area (Å²) >= 11 is 5.56. The number of carbonyl (C=O) groups is 2. The SMILES string of the molecule is COc1ccc(CN2C(=S)N(c3cccc(C(F)(F)F)c3)C(=O)C2CC(=O)Nc2ccccc2)cc1. The number of ether oxygens (including phenoxy) is 1. The van der Waals surface area contributed by atoms with Crippen molar-refractivity contribution in [1.82, 2.24) is 4.90 Å². The third kappa shape index (κ3) is 5.49. The maximum Gasteiger partial charge on any atom is 0.416 e. The smallest absolute Gasteiger partial charge is 0.416 e. The Bertz CT molecular complexity index is 1270. The molecule has 4 rings (SSSR count). The lowest BCUT2D eigenvalue weighted by Gasteiger charge is -2.24. The molecule has 0 aliphatic carbocycles. The van der Waals surface area contributed by atoms with Crippen molar-refractivity contribution in [1.29, 1.82) is 0 Å². The zero-order valence-corrected chi connectivity index (χ0v) is 20.0. The Kier molecular flexibility index (Phi) is 7.25. The van der Waals surface area contributed by atoms with Crippen LogP contribution in [0, 0.1) is 0 Å². The van der Waals surface area contributed by atoms with Crippen LogP contribution in [0.5, 0.6) is 5.75 Å². The minimum Gasteiger partial charge on any atom is -0.497 e. The molecule has 6 nitrogen and oxygen atoms in total. The summed E-state index contributed by atoms with van der Waals surface area (Å²) in [5.74, 6) is -0.354. The van der Waals surface area contributed by atoms with E-state index in [0.29, 0.717) is 11.4 Å². The average molecular weight is 514 g/mol. The second-order valence-corrected chi connectivity index (χ2v) is 8.48. The summed E-state index contributed by atoms with van der Waals surface area (Å²) in [6.07, 6.45) is -4.82. The number of anilines is 2. The van der Waals surface area contributed by atoms with Gasteiger partial charge in [0, 0.05) is 12.2 Å². The highest BCUT2D eigenvalue weighted by Crippen LogP contribution is 2.34. The predicted molar refractivity (Wildman–Crippen MR) is 134 cm³/mol. The number of hydrogen-bond acceptors (Lipinski definition) is 4. The molecule has 1 fully saturated rings. The number of para-hydroxylation sites is 1. The highest BCUT2D eigenvalue weighted by Gasteiger charge is 2.44. The van der Waals surface area contributed by atoms with Crippen molar-refractivity contribution in [3.05, 3.63) is 90.0 Å². The summed E-state index contributed by atoms with van der Waals surface area (Å²) in [6, 6.07) is 19.2. The number of carbonyl (C=O) groups excluding carboxylic acids is 2. The summed E-state index contributed by atoms with van der Waals surface area (Å²) in [6.45, 7) is 0.174. The molecule has 3 aromatic rings. The molecule has 1 heterocycles. The van der Waals surface area contributed by atoms with Gasteiger partial charge in [0.2, 0.25) is 5.91 Å². The quantitative estimate of drug-likeness (QED) is 0.438. The molecule has 0 spiro atoms. The zero-order valence-electron chi connectivity index (χ0n) is 19.2. The van der Waals surface area contributed by atoms with Crippen LogP contribution in [0.4, 0.5) is 24.5 Å². The molecular formula is C26H22F3N3O3S. The van der Waals surface area contributed by atoms with Gasteiger partial charge in [0.05, 0.1) is 24.8 Å². The van der Waals surface area contributed by atoms with E-state index < -0.39 is 29.6 Å². The molecular weight excluding hydrogens is 491 g/mol. The van der Waals surface area contributed by atoms with Crippen molar-refractivity contribution in [3.63, 3.8) is 0 Å². The summed E-state index contributed by atoms with van der Waals surface area (Å²) in [5.41, 5.74) is 0.436. The first-order chi connectivity index (χ1) is 17.2. The average Bonchev–Trinajstić information content (AvgIpc) is 3.08. The number of hydrogen-bond donors (Lipinski definition) is 1. The number of rotatable bonds is 7. The van der Waals surface area contributed by atoms with E-state index in [2.05, 4.69) is 5.32 Å². The van der Waals surface area contributed by atoms with Gasteiger partial charge >= 0.3 is 6.18 Å². The van der Waals surface area contributed by atoms with Crippen LogP contribution in [-0.4, -0.2) is 35.0 Å². The van der Waals surface area contributed by atoms with Gasteiger partial charge in [0.25, 0.3) is 5.91 Å². The van der Waals surface area contributed by atoms with Crippen LogP contribution in [0.3, 0.4) is 0 Å². The third-order valence-electron chi connectivity index (χ3n) is 5.70. The van der Waals surface area contributed by atoms with Crippen LogP contribution in [0.25, 0.3) is 0 Å². The normalized spacial score (nSPS) is 15.8. The van der Waals surface area contributed by atoms with E-state index in [1.54, 1.807) is 59.5 Å². The van der Waals surface area contributed by atoms with Crippen LogP contribution >= 0.6 is 12.2 Å². The minimum absolute atomic E-state index is 0.00877. The van der Waals surface area contributed by atoms with Gasteiger partial charge in [-0.3, -0.25) is 14.5 Å². The Morgan fingerprint density at radius 1 is 1.03 bits per heavy atom. The topological polar surface area (TPSA) is 61.9 Å². The van der Waals surface area contributed by atoms with Gasteiger partial charge in [-0.2, -0.15) is 13.2 Å². The summed E-state index contributed by atoms with van der Waals surface area (Å²) < 4.78 is 45.1. The Balaban J connectivity index is 1.64. The van der Waals surface area contributed by atoms with Gasteiger partial charge in [-0.15, -0.1) is 0 Å². The van der Waals surface area contributed by atoms with E-state index in [1.807, 2.05) is 0 Å². The van der Waals surface area contributed by atoms with E-state index >= 15 is 0 Å². The second kappa shape index (κ2) is 10.4. The lowest BCUT2D eigenvalue weighted by Crippen LogP contribution is -2.37. The Morgan fingerprint density at radius 2 is 1.72 bits per heavy atom. The predicted octanol–water partition coefficient (Wildman–Crippen LogP) is 5.25. The number of nitrogens with zero attached hydrogens (tertiary/aromatic N) is 2. The van der Waals surface area contributed by atoms with E-state index in [4.69, 9.17) is 17.0 Å². The Labute approximate surface area is 211 Å². The fraction of sp³-hybridized carbons (Fsp3) is 0.192. The molecule has 0 radical (unpaired) electrons. The third-order valence-corrected chi connectivity index (χ3v) is 6.12. The first kappa shape index (κ1) is 25.2. The van der Waals surface area contributed by atoms with Crippen molar-refractivity contribution < 1.29 is 27.5 Å². The van der Waals surface area contributed by atoms with Crippen molar-refractivity contribution in [2.24, 2.45) is 0 Å². The van der Waals surface area contributed by atoms with Crippen LogP contribution in [0.2, 0.25) is 0 Å². The van der Waals surface area contributed by atoms with Crippen molar-refractivity contribution in [2.45, 2.75) is 25.2 Å². The highest BCUT2D eigenvalue weighted by molar-refractivity contribution is 7.80. The summed E-state index contributed by atoms with van der Waals surface area (Å²) in [4.78, 5) is 28.9. The zero-order chi connectivity index (χ0) is 25.9. The van der Waals surface area contributed by atoms with E-state index in [1.165, 1.54) is 19.2 Å². The molecule has 10 heteroatoms. The van der Waals surface area contributed by atoms with Gasteiger partial charge in [-0.05, 0) is 60.2 Å². The first-order valence-electron chi connectivity index (χ1n) is 11.0. The molecule has 1 N–H and O–H groups in total. The maximum absolute atomic E-state index is 13.5. The molecule has 0 aromatic heterocycles. The van der Waals surface area contributed by atoms with E-state index in [9.17, 15) is 22.8 Å². The van der Waals surface area contributed by atoms with Gasteiger partial charge in [-0.1, -0.05) is 36.4 Å². The summed E-state index contributed by atoms with van der Waals surface area (Å²) in [7, 11) is 1.54. The molecule has 2 amide bonds. The van der Waals surface area contributed by atoms with Crippen LogP contribution in [-0.2, 0) is 22.3 Å². The number of benzene rings is 3. The largest absolute Gasteiger partial charge is 0.497 e. The Hall–Kier alpha value is -3.92. The molecule has 36 heavy (non-hydrogen) atoms. The maximum atomic E-state index is 13.5. The van der Waals surface area contributed by atoms with E-state index in [-0.39, 0.29) is 23.8 Å². The monoisotopic (exact) mass is 513 g/mol. The van der Waals surface area contributed by atoms with Gasteiger partial charge in [-0.25, -0.2) is 0 Å². The molecule has 186 valence electrons.